The first-order valence-corrected chi connectivity index (χ1v) is 10.6. The van der Waals surface area contributed by atoms with Crippen LogP contribution in [0.15, 0.2) is 30.5 Å². The summed E-state index contributed by atoms with van der Waals surface area (Å²) in [7, 11) is 1.51. The van der Waals surface area contributed by atoms with Crippen LogP contribution in [-0.4, -0.2) is 59.5 Å². The van der Waals surface area contributed by atoms with Crippen molar-refractivity contribution in [1.82, 2.24) is 14.9 Å². The number of ether oxygens (including phenoxy) is 2. The number of nitrogens with zero attached hydrogens (tertiary/aromatic N) is 4. The van der Waals surface area contributed by atoms with Gasteiger partial charge in [-0.05, 0) is 37.1 Å². The van der Waals surface area contributed by atoms with Gasteiger partial charge in [0.05, 0.1) is 13.0 Å². The Kier molecular flexibility index (Phi) is 6.06. The predicted molar refractivity (Wildman–Crippen MR) is 115 cm³/mol. The van der Waals surface area contributed by atoms with Crippen LogP contribution in [-0.2, 0) is 9.59 Å². The Morgan fingerprint density at radius 2 is 1.90 bits per heavy atom. The van der Waals surface area contributed by atoms with Crippen molar-refractivity contribution in [2.45, 2.75) is 39.2 Å². The fourth-order valence-electron chi connectivity index (χ4n) is 4.13. The van der Waals surface area contributed by atoms with Crippen LogP contribution in [0.25, 0.3) is 0 Å². The molecule has 2 saturated heterocycles. The molecule has 0 bridgehead atoms. The van der Waals surface area contributed by atoms with E-state index in [1.54, 1.807) is 17.2 Å². The molecule has 2 aromatic rings. The van der Waals surface area contributed by atoms with Crippen molar-refractivity contribution < 1.29 is 19.1 Å². The second-order valence-electron chi connectivity index (χ2n) is 8.20. The van der Waals surface area contributed by atoms with Gasteiger partial charge in [0.25, 0.3) is 0 Å². The summed E-state index contributed by atoms with van der Waals surface area (Å²) in [5.41, 5.74) is 3.20. The minimum Gasteiger partial charge on any atom is -0.474 e. The van der Waals surface area contributed by atoms with Gasteiger partial charge in [0.1, 0.15) is 6.10 Å². The highest BCUT2D eigenvalue weighted by Gasteiger charge is 2.38. The number of carbonyl (C=O) groups excluding carboxylic acids is 2. The molecule has 2 amide bonds. The van der Waals surface area contributed by atoms with Crippen molar-refractivity contribution >= 4 is 17.5 Å². The first kappa shape index (κ1) is 21.1. The molecule has 31 heavy (non-hydrogen) atoms. The molecule has 0 radical (unpaired) electrons. The van der Waals surface area contributed by atoms with Crippen LogP contribution in [0.2, 0.25) is 0 Å². The van der Waals surface area contributed by atoms with Gasteiger partial charge in [0, 0.05) is 56.8 Å². The Bertz CT molecular complexity index is 972. The molecular weight excluding hydrogens is 396 g/mol. The minimum atomic E-state index is -0.294. The minimum absolute atomic E-state index is 0.0116. The van der Waals surface area contributed by atoms with Crippen molar-refractivity contribution in [2.24, 2.45) is 5.92 Å². The summed E-state index contributed by atoms with van der Waals surface area (Å²) in [6, 6.07) is 7.96. The number of carbonyl (C=O) groups is 2. The van der Waals surface area contributed by atoms with E-state index in [9.17, 15) is 9.59 Å². The summed E-state index contributed by atoms with van der Waals surface area (Å²) in [6.45, 7) is 5.75. The van der Waals surface area contributed by atoms with E-state index in [4.69, 9.17) is 9.47 Å². The topological polar surface area (TPSA) is 84.9 Å². The maximum atomic E-state index is 13.1. The fraction of sp³-hybridized carbons (Fsp3) is 0.478. The molecular formula is C23H28N4O4. The van der Waals surface area contributed by atoms with Gasteiger partial charge in [0.15, 0.2) is 0 Å². The van der Waals surface area contributed by atoms with Crippen LogP contribution in [0.5, 0.6) is 11.9 Å². The van der Waals surface area contributed by atoms with Crippen LogP contribution in [0.4, 0.5) is 5.69 Å². The maximum Gasteiger partial charge on any atom is 0.319 e. The zero-order valence-electron chi connectivity index (χ0n) is 18.2. The molecule has 0 spiro atoms. The zero-order valence-corrected chi connectivity index (χ0v) is 18.2. The molecule has 1 unspecified atom stereocenters. The van der Waals surface area contributed by atoms with Gasteiger partial charge in [-0.25, -0.2) is 4.98 Å². The lowest BCUT2D eigenvalue weighted by molar-refractivity contribution is -0.137. The Hall–Kier alpha value is -3.16. The van der Waals surface area contributed by atoms with Gasteiger partial charge in [0.2, 0.25) is 17.7 Å². The second-order valence-corrected chi connectivity index (χ2v) is 8.20. The lowest BCUT2D eigenvalue weighted by Gasteiger charge is -2.33. The Morgan fingerprint density at radius 1 is 1.13 bits per heavy atom. The van der Waals surface area contributed by atoms with E-state index in [1.165, 1.54) is 12.7 Å². The summed E-state index contributed by atoms with van der Waals surface area (Å²) in [4.78, 5) is 37.4. The van der Waals surface area contributed by atoms with Crippen LogP contribution in [0, 0.1) is 19.8 Å². The largest absolute Gasteiger partial charge is 0.474 e. The smallest absolute Gasteiger partial charge is 0.319 e. The fourth-order valence-corrected chi connectivity index (χ4v) is 4.13. The lowest BCUT2D eigenvalue weighted by atomic mass is 10.0. The first-order valence-electron chi connectivity index (χ1n) is 10.6. The van der Waals surface area contributed by atoms with Gasteiger partial charge < -0.3 is 19.3 Å². The van der Waals surface area contributed by atoms with E-state index >= 15 is 0 Å². The number of aryl methyl sites for hydroxylation is 2. The molecule has 0 aliphatic carbocycles. The number of amides is 2. The molecule has 8 heteroatoms. The quantitative estimate of drug-likeness (QED) is 0.733. The van der Waals surface area contributed by atoms with Crippen molar-refractivity contribution in [3.8, 4) is 11.9 Å². The molecule has 2 fully saturated rings. The molecule has 1 aromatic heterocycles. The number of hydrogen-bond donors (Lipinski definition) is 0. The van der Waals surface area contributed by atoms with Crippen LogP contribution < -0.4 is 14.4 Å². The number of hydrogen-bond acceptors (Lipinski definition) is 6. The third kappa shape index (κ3) is 4.62. The van der Waals surface area contributed by atoms with Crippen LogP contribution in [0.1, 0.15) is 30.4 Å². The number of piperidine rings is 1. The molecule has 164 valence electrons. The van der Waals surface area contributed by atoms with Crippen LogP contribution >= 0.6 is 0 Å². The van der Waals surface area contributed by atoms with Gasteiger partial charge in [-0.3, -0.25) is 9.59 Å². The average Bonchev–Trinajstić information content (AvgIpc) is 3.17. The second kappa shape index (κ2) is 8.91. The molecule has 2 aliphatic rings. The SMILES string of the molecule is COc1nccc(OC2CCN(C(=O)C3CC(=O)N(c4ccc(C)c(C)c4)C3)CC2)n1. The predicted octanol–water partition coefficient (Wildman–Crippen LogP) is 2.52. The zero-order chi connectivity index (χ0) is 22.0. The van der Waals surface area contributed by atoms with Crippen molar-refractivity contribution in [3.63, 3.8) is 0 Å². The molecule has 8 nitrogen and oxygen atoms in total. The van der Waals surface area contributed by atoms with E-state index in [2.05, 4.69) is 9.97 Å². The number of rotatable bonds is 5. The van der Waals surface area contributed by atoms with E-state index in [0.717, 1.165) is 24.1 Å². The molecule has 4 rings (SSSR count). The highest BCUT2D eigenvalue weighted by Crippen LogP contribution is 2.29. The van der Waals surface area contributed by atoms with Crippen molar-refractivity contribution in [2.75, 3.05) is 31.6 Å². The van der Waals surface area contributed by atoms with Crippen molar-refractivity contribution in [1.29, 1.82) is 0 Å². The first-order chi connectivity index (χ1) is 14.9. The summed E-state index contributed by atoms with van der Waals surface area (Å²) >= 11 is 0. The summed E-state index contributed by atoms with van der Waals surface area (Å²) in [5, 5.41) is 0. The molecule has 1 atom stereocenters. The average molecular weight is 425 g/mol. The van der Waals surface area contributed by atoms with Gasteiger partial charge >= 0.3 is 6.01 Å². The van der Waals surface area contributed by atoms with E-state index < -0.39 is 0 Å². The van der Waals surface area contributed by atoms with Gasteiger partial charge in [-0.1, -0.05) is 6.07 Å². The molecule has 3 heterocycles. The van der Waals surface area contributed by atoms with Gasteiger partial charge in [-0.15, -0.1) is 0 Å². The lowest BCUT2D eigenvalue weighted by Crippen LogP contribution is -2.45. The third-order valence-corrected chi connectivity index (χ3v) is 6.11. The highest BCUT2D eigenvalue weighted by atomic mass is 16.5. The number of anilines is 1. The number of likely N-dealkylation sites (tertiary alicyclic amines) is 1. The van der Waals surface area contributed by atoms with E-state index in [-0.39, 0.29) is 36.3 Å². The Labute approximate surface area is 182 Å². The summed E-state index contributed by atoms with van der Waals surface area (Å²) in [6.07, 6.45) is 3.29. The summed E-state index contributed by atoms with van der Waals surface area (Å²) < 4.78 is 11.0. The number of aromatic nitrogens is 2. The van der Waals surface area contributed by atoms with Crippen molar-refractivity contribution in [3.05, 3.63) is 41.6 Å². The summed E-state index contributed by atoms with van der Waals surface area (Å²) in [5.74, 6) is 0.249. The third-order valence-electron chi connectivity index (χ3n) is 6.11. The number of benzene rings is 1. The van der Waals surface area contributed by atoms with E-state index in [0.29, 0.717) is 25.5 Å². The van der Waals surface area contributed by atoms with Gasteiger partial charge in [-0.2, -0.15) is 4.98 Å². The Balaban J connectivity index is 1.32. The standard InChI is InChI=1S/C23H28N4O4/c1-15-4-5-18(12-16(15)2)27-14-17(13-21(27)28)22(29)26-10-7-19(8-11-26)31-20-6-9-24-23(25-20)30-3/h4-6,9,12,17,19H,7-8,10-11,13-14H2,1-3H3. The Morgan fingerprint density at radius 3 is 2.61 bits per heavy atom. The highest BCUT2D eigenvalue weighted by molar-refractivity contribution is 6.00. The van der Waals surface area contributed by atoms with Crippen LogP contribution in [0.3, 0.4) is 0 Å². The molecule has 0 saturated carbocycles. The normalized spacial score (nSPS) is 19.6. The maximum absolute atomic E-state index is 13.1. The molecule has 1 aromatic carbocycles. The number of methoxy groups -OCH3 is 1. The molecule has 0 N–H and O–H groups in total. The van der Waals surface area contributed by atoms with E-state index in [1.807, 2.05) is 36.9 Å². The monoisotopic (exact) mass is 424 g/mol. The molecule has 2 aliphatic heterocycles.